The van der Waals surface area contributed by atoms with E-state index >= 15 is 0 Å². The van der Waals surface area contributed by atoms with E-state index in [9.17, 15) is 4.79 Å². The minimum absolute atomic E-state index is 0.00464. The Morgan fingerprint density at radius 1 is 1.16 bits per heavy atom. The molecule has 0 spiro atoms. The number of ether oxygens (including phenoxy) is 1. The third-order valence-corrected chi connectivity index (χ3v) is 5.55. The molecular weight excluding hydrogens is 404 g/mol. The average Bonchev–Trinajstić information content (AvgIpc) is 3.49. The van der Waals surface area contributed by atoms with E-state index in [2.05, 4.69) is 27.3 Å². The molecule has 4 rings (SSSR count). The van der Waals surface area contributed by atoms with Gasteiger partial charge in [0.15, 0.2) is 0 Å². The molecular formula is C25H30N4O3. The van der Waals surface area contributed by atoms with Gasteiger partial charge in [-0.1, -0.05) is 18.2 Å². The number of benzene rings is 2. The second kappa shape index (κ2) is 10.1. The first-order chi connectivity index (χ1) is 15.5. The second-order valence-electron chi connectivity index (χ2n) is 8.29. The average molecular weight is 435 g/mol. The molecule has 0 bridgehead atoms. The molecule has 1 aliphatic rings. The van der Waals surface area contributed by atoms with Crippen LogP contribution in [0.1, 0.15) is 41.6 Å². The van der Waals surface area contributed by atoms with Crippen molar-refractivity contribution in [3.05, 3.63) is 59.5 Å². The van der Waals surface area contributed by atoms with Crippen LogP contribution in [-0.4, -0.2) is 53.9 Å². The van der Waals surface area contributed by atoms with Crippen molar-refractivity contribution in [1.82, 2.24) is 20.4 Å². The Kier molecular flexibility index (Phi) is 6.97. The van der Waals surface area contributed by atoms with E-state index in [1.54, 1.807) is 0 Å². The molecule has 3 aromatic rings. The lowest BCUT2D eigenvalue weighted by atomic mass is 9.97. The Balaban J connectivity index is 1.44. The summed E-state index contributed by atoms with van der Waals surface area (Å²) in [4.78, 5) is 14.5. The van der Waals surface area contributed by atoms with Gasteiger partial charge in [-0.05, 0) is 74.7 Å². The Hall–Kier alpha value is -3.03. The lowest BCUT2D eigenvalue weighted by Crippen LogP contribution is -2.25. The van der Waals surface area contributed by atoms with Gasteiger partial charge < -0.3 is 14.5 Å². The van der Waals surface area contributed by atoms with Crippen molar-refractivity contribution >= 4 is 5.91 Å². The summed E-state index contributed by atoms with van der Waals surface area (Å²) in [7, 11) is 2.00. The zero-order valence-corrected chi connectivity index (χ0v) is 18.9. The van der Waals surface area contributed by atoms with Crippen LogP contribution in [0.15, 0.2) is 46.9 Å². The number of hydrogen-bond donors (Lipinski definition) is 1. The molecule has 1 fully saturated rings. The number of nitrogens with one attached hydrogen (secondary N) is 1. The first-order valence-electron chi connectivity index (χ1n) is 11.1. The minimum Gasteiger partial charge on any atom is -0.419 e. The predicted molar refractivity (Wildman–Crippen MR) is 123 cm³/mol. The maximum absolute atomic E-state index is 12.4. The third-order valence-electron chi connectivity index (χ3n) is 5.55. The van der Waals surface area contributed by atoms with E-state index in [0.717, 1.165) is 41.6 Å². The van der Waals surface area contributed by atoms with Crippen LogP contribution in [0, 0.1) is 6.92 Å². The molecule has 168 valence electrons. The van der Waals surface area contributed by atoms with Gasteiger partial charge in [-0.3, -0.25) is 9.69 Å². The third kappa shape index (κ3) is 5.60. The summed E-state index contributed by atoms with van der Waals surface area (Å²) in [5.74, 6) is 1.07. The molecule has 1 saturated carbocycles. The van der Waals surface area contributed by atoms with Crippen LogP contribution in [0.4, 0.5) is 0 Å². The van der Waals surface area contributed by atoms with E-state index < -0.39 is 0 Å². The normalized spacial score (nSPS) is 13.5. The van der Waals surface area contributed by atoms with Crippen LogP contribution in [0.2, 0.25) is 0 Å². The number of amides is 1. The van der Waals surface area contributed by atoms with Crippen LogP contribution in [0.5, 0.6) is 0 Å². The van der Waals surface area contributed by atoms with E-state index in [-0.39, 0.29) is 5.91 Å². The summed E-state index contributed by atoms with van der Waals surface area (Å²) in [5, 5.41) is 11.4. The molecule has 0 saturated heterocycles. The summed E-state index contributed by atoms with van der Waals surface area (Å²) < 4.78 is 11.2. The summed E-state index contributed by atoms with van der Waals surface area (Å²) in [6.07, 6.45) is 2.15. The van der Waals surface area contributed by atoms with Gasteiger partial charge in [-0.15, -0.1) is 10.2 Å². The molecule has 7 heteroatoms. The SMILES string of the molecule is CCOCCN(C)Cc1nnc(-c2ccc(-c3cc(C(=O)NC4CC4)ccc3C)cc2)o1. The highest BCUT2D eigenvalue weighted by atomic mass is 16.5. The number of carbonyl (C=O) groups is 1. The van der Waals surface area contributed by atoms with Crippen LogP contribution < -0.4 is 5.32 Å². The highest BCUT2D eigenvalue weighted by Crippen LogP contribution is 2.28. The lowest BCUT2D eigenvalue weighted by Gasteiger charge is -2.13. The summed E-state index contributed by atoms with van der Waals surface area (Å²) >= 11 is 0. The van der Waals surface area contributed by atoms with Gasteiger partial charge in [0.05, 0.1) is 13.2 Å². The lowest BCUT2D eigenvalue weighted by molar-refractivity contribution is 0.0951. The topological polar surface area (TPSA) is 80.5 Å². The van der Waals surface area contributed by atoms with Gasteiger partial charge in [0.2, 0.25) is 11.8 Å². The van der Waals surface area contributed by atoms with E-state index in [0.29, 0.717) is 43.1 Å². The van der Waals surface area contributed by atoms with Crippen molar-refractivity contribution in [2.75, 3.05) is 26.8 Å². The molecule has 2 aromatic carbocycles. The maximum Gasteiger partial charge on any atom is 0.251 e. The number of hydrogen-bond acceptors (Lipinski definition) is 6. The van der Waals surface area contributed by atoms with Gasteiger partial charge in [0.25, 0.3) is 5.91 Å². The highest BCUT2D eigenvalue weighted by molar-refractivity contribution is 5.96. The Labute approximate surface area is 188 Å². The fraction of sp³-hybridized carbons (Fsp3) is 0.400. The number of likely N-dealkylation sites (N-methyl/N-ethyl adjacent to an activating group) is 1. The van der Waals surface area contributed by atoms with Crippen molar-refractivity contribution in [2.45, 2.75) is 39.3 Å². The molecule has 0 unspecified atom stereocenters. The molecule has 1 aliphatic carbocycles. The van der Waals surface area contributed by atoms with Crippen molar-refractivity contribution in [1.29, 1.82) is 0 Å². The summed E-state index contributed by atoms with van der Waals surface area (Å²) in [6, 6.07) is 14.2. The Bertz CT molecular complexity index is 1060. The fourth-order valence-electron chi connectivity index (χ4n) is 3.47. The van der Waals surface area contributed by atoms with Gasteiger partial charge >= 0.3 is 0 Å². The zero-order valence-electron chi connectivity index (χ0n) is 18.9. The standard InChI is InChI=1S/C25H30N4O3/c1-4-31-14-13-29(3)16-23-27-28-25(32-23)19-9-7-18(8-10-19)22-15-20(6-5-17(22)2)24(30)26-21-11-12-21/h5-10,15,21H,4,11-14,16H2,1-3H3,(H,26,30). The highest BCUT2D eigenvalue weighted by Gasteiger charge is 2.24. The van der Waals surface area contributed by atoms with Crippen LogP contribution in [0.3, 0.4) is 0 Å². The van der Waals surface area contributed by atoms with Crippen molar-refractivity contribution in [3.63, 3.8) is 0 Å². The number of nitrogens with zero attached hydrogens (tertiary/aromatic N) is 3. The molecule has 1 amide bonds. The molecule has 1 heterocycles. The quantitative estimate of drug-likeness (QED) is 0.485. The minimum atomic E-state index is -0.00464. The van der Waals surface area contributed by atoms with Crippen LogP contribution in [0.25, 0.3) is 22.6 Å². The maximum atomic E-state index is 12.4. The number of aromatic nitrogens is 2. The molecule has 7 nitrogen and oxygen atoms in total. The smallest absolute Gasteiger partial charge is 0.251 e. The number of aryl methyl sites for hydroxylation is 1. The molecule has 0 atom stereocenters. The monoisotopic (exact) mass is 434 g/mol. The first-order valence-corrected chi connectivity index (χ1v) is 11.1. The van der Waals surface area contributed by atoms with Crippen molar-refractivity contribution in [3.8, 4) is 22.6 Å². The Morgan fingerprint density at radius 2 is 1.91 bits per heavy atom. The van der Waals surface area contributed by atoms with Crippen LogP contribution in [-0.2, 0) is 11.3 Å². The van der Waals surface area contributed by atoms with Gasteiger partial charge in [0, 0.05) is 30.3 Å². The van der Waals surface area contributed by atoms with Gasteiger partial charge in [-0.25, -0.2) is 0 Å². The summed E-state index contributed by atoms with van der Waals surface area (Å²) in [5.41, 5.74) is 4.77. The number of rotatable bonds is 10. The van der Waals surface area contributed by atoms with Gasteiger partial charge in [-0.2, -0.15) is 0 Å². The largest absolute Gasteiger partial charge is 0.419 e. The molecule has 1 N–H and O–H groups in total. The second-order valence-corrected chi connectivity index (χ2v) is 8.29. The number of carbonyl (C=O) groups excluding carboxylic acids is 1. The van der Waals surface area contributed by atoms with Crippen LogP contribution >= 0.6 is 0 Å². The van der Waals surface area contributed by atoms with Crippen molar-refractivity contribution < 1.29 is 13.9 Å². The molecule has 1 aromatic heterocycles. The van der Waals surface area contributed by atoms with E-state index in [1.807, 2.05) is 56.4 Å². The molecule has 32 heavy (non-hydrogen) atoms. The van der Waals surface area contributed by atoms with E-state index in [4.69, 9.17) is 9.15 Å². The Morgan fingerprint density at radius 3 is 2.62 bits per heavy atom. The molecule has 0 radical (unpaired) electrons. The van der Waals surface area contributed by atoms with E-state index in [1.165, 1.54) is 0 Å². The molecule has 0 aliphatic heterocycles. The fourth-order valence-corrected chi connectivity index (χ4v) is 3.47. The zero-order chi connectivity index (χ0) is 22.5. The predicted octanol–water partition coefficient (Wildman–Crippen LogP) is 4.07. The summed E-state index contributed by atoms with van der Waals surface area (Å²) in [6.45, 7) is 6.81. The first kappa shape index (κ1) is 22.2. The van der Waals surface area contributed by atoms with Gasteiger partial charge in [0.1, 0.15) is 0 Å². The van der Waals surface area contributed by atoms with Crippen molar-refractivity contribution in [2.24, 2.45) is 0 Å².